The van der Waals surface area contributed by atoms with Gasteiger partial charge >= 0.3 is 5.97 Å². The molecule has 1 aromatic heterocycles. The van der Waals surface area contributed by atoms with Crippen molar-refractivity contribution in [3.63, 3.8) is 0 Å². The lowest BCUT2D eigenvalue weighted by molar-refractivity contribution is 0.0642. The first-order chi connectivity index (χ1) is 13.8. The van der Waals surface area contributed by atoms with Crippen molar-refractivity contribution in [2.24, 2.45) is 0 Å². The Kier molecular flexibility index (Phi) is 6.23. The number of carbonyl (C=O) groups is 3. The second-order valence-corrected chi connectivity index (χ2v) is 7.24. The van der Waals surface area contributed by atoms with E-state index < -0.39 is 11.9 Å². The van der Waals surface area contributed by atoms with E-state index >= 15 is 0 Å². The minimum Gasteiger partial charge on any atom is -0.478 e. The number of piperidine rings is 1. The Balaban J connectivity index is 1.62. The van der Waals surface area contributed by atoms with E-state index in [9.17, 15) is 14.4 Å². The molecule has 152 valence electrons. The molecular formula is C21H24N4O4. The summed E-state index contributed by atoms with van der Waals surface area (Å²) in [5, 5.41) is 11.6. The van der Waals surface area contributed by atoms with Gasteiger partial charge in [0.25, 0.3) is 11.8 Å². The van der Waals surface area contributed by atoms with E-state index in [0.717, 1.165) is 32.1 Å². The number of likely N-dealkylation sites (tertiary alicyclic amines) is 1. The molecule has 1 aliphatic rings. The lowest BCUT2D eigenvalue weighted by Crippen LogP contribution is -2.47. The molecule has 0 saturated carbocycles. The van der Waals surface area contributed by atoms with Crippen LogP contribution in [-0.2, 0) is 0 Å². The van der Waals surface area contributed by atoms with Crippen LogP contribution in [0.15, 0.2) is 42.6 Å². The molecule has 2 N–H and O–H groups in total. The largest absolute Gasteiger partial charge is 0.478 e. The first-order valence-corrected chi connectivity index (χ1v) is 9.41. The lowest BCUT2D eigenvalue weighted by Gasteiger charge is -2.35. The number of aromatic carboxylic acids is 1. The fraction of sp³-hybridized carbons (Fsp3) is 0.333. The minimum absolute atomic E-state index is 0.0118. The highest BCUT2D eigenvalue weighted by molar-refractivity contribution is 6.03. The number of hydrogen-bond acceptors (Lipinski definition) is 5. The minimum atomic E-state index is -1.10. The number of hydrogen-bond donors (Lipinski definition) is 2. The van der Waals surface area contributed by atoms with E-state index in [1.54, 1.807) is 29.2 Å². The summed E-state index contributed by atoms with van der Waals surface area (Å²) in [6, 6.07) is 9.57. The van der Waals surface area contributed by atoms with Gasteiger partial charge in [0, 0.05) is 37.1 Å². The van der Waals surface area contributed by atoms with Crippen LogP contribution in [0.25, 0.3) is 0 Å². The molecule has 1 unspecified atom stereocenters. The lowest BCUT2D eigenvalue weighted by atomic mass is 10.0. The Morgan fingerprint density at radius 3 is 2.41 bits per heavy atom. The van der Waals surface area contributed by atoms with Gasteiger partial charge in [-0.2, -0.15) is 0 Å². The number of nitrogens with zero attached hydrogens (tertiary/aromatic N) is 3. The molecule has 29 heavy (non-hydrogen) atoms. The van der Waals surface area contributed by atoms with Gasteiger partial charge in [0.15, 0.2) is 0 Å². The van der Waals surface area contributed by atoms with Crippen molar-refractivity contribution < 1.29 is 19.5 Å². The standard InChI is InChI=1S/C21H24N4O4/c1-24-11-3-4-17(13-24)25(2)20(27)14-5-8-16(9-6-14)23-19(26)18-10-7-15(12-22-18)21(28)29/h5-10,12,17H,3-4,11,13H2,1-2H3,(H,23,26)(H,28,29). The first-order valence-electron chi connectivity index (χ1n) is 9.41. The van der Waals surface area contributed by atoms with E-state index in [-0.39, 0.29) is 23.2 Å². The van der Waals surface area contributed by atoms with E-state index in [1.807, 2.05) is 7.05 Å². The third-order valence-electron chi connectivity index (χ3n) is 5.10. The molecule has 2 amide bonds. The zero-order chi connectivity index (χ0) is 21.0. The predicted octanol–water partition coefficient (Wildman–Crippen LogP) is 2.20. The summed E-state index contributed by atoms with van der Waals surface area (Å²) in [4.78, 5) is 43.7. The Morgan fingerprint density at radius 2 is 1.83 bits per heavy atom. The summed E-state index contributed by atoms with van der Waals surface area (Å²) in [5.41, 5.74) is 1.20. The van der Waals surface area contributed by atoms with Crippen molar-refractivity contribution in [2.75, 3.05) is 32.5 Å². The van der Waals surface area contributed by atoms with Gasteiger partial charge in [0.05, 0.1) is 5.56 Å². The van der Waals surface area contributed by atoms with Gasteiger partial charge in [-0.15, -0.1) is 0 Å². The normalized spacial score (nSPS) is 16.8. The van der Waals surface area contributed by atoms with Gasteiger partial charge in [-0.1, -0.05) is 0 Å². The van der Waals surface area contributed by atoms with Gasteiger partial charge in [0.1, 0.15) is 5.69 Å². The molecule has 2 aromatic rings. The molecule has 8 heteroatoms. The molecule has 1 fully saturated rings. The van der Waals surface area contributed by atoms with Crippen molar-refractivity contribution in [3.8, 4) is 0 Å². The summed E-state index contributed by atoms with van der Waals surface area (Å²) in [6.45, 7) is 1.92. The SMILES string of the molecule is CN1CCCC(N(C)C(=O)c2ccc(NC(=O)c3ccc(C(=O)O)cn3)cc2)C1. The number of likely N-dealkylation sites (N-methyl/N-ethyl adjacent to an activating group) is 2. The van der Waals surface area contributed by atoms with E-state index in [1.165, 1.54) is 12.1 Å². The number of pyridine rings is 1. The van der Waals surface area contributed by atoms with Crippen LogP contribution in [0.4, 0.5) is 5.69 Å². The van der Waals surface area contributed by atoms with Gasteiger partial charge in [-0.3, -0.25) is 14.6 Å². The summed E-state index contributed by atoms with van der Waals surface area (Å²) >= 11 is 0. The summed E-state index contributed by atoms with van der Waals surface area (Å²) in [6.07, 6.45) is 3.21. The van der Waals surface area contributed by atoms with E-state index in [0.29, 0.717) is 11.3 Å². The van der Waals surface area contributed by atoms with Crippen LogP contribution in [0.1, 0.15) is 44.0 Å². The maximum absolute atomic E-state index is 12.8. The number of amides is 2. The number of carboxylic acid groups (broad SMARTS) is 1. The maximum atomic E-state index is 12.8. The van der Waals surface area contributed by atoms with Crippen LogP contribution >= 0.6 is 0 Å². The number of anilines is 1. The quantitative estimate of drug-likeness (QED) is 0.803. The topological polar surface area (TPSA) is 103 Å². The molecule has 0 spiro atoms. The van der Waals surface area contributed by atoms with Crippen molar-refractivity contribution >= 4 is 23.5 Å². The molecule has 3 rings (SSSR count). The molecule has 8 nitrogen and oxygen atoms in total. The molecule has 1 saturated heterocycles. The Bertz CT molecular complexity index is 896. The Labute approximate surface area is 169 Å². The van der Waals surface area contributed by atoms with Crippen LogP contribution < -0.4 is 5.32 Å². The highest BCUT2D eigenvalue weighted by atomic mass is 16.4. The number of nitrogens with one attached hydrogen (secondary N) is 1. The highest BCUT2D eigenvalue weighted by Gasteiger charge is 2.25. The number of aromatic nitrogens is 1. The number of rotatable bonds is 5. The molecule has 1 aromatic carbocycles. The fourth-order valence-corrected chi connectivity index (χ4v) is 3.37. The molecule has 1 aliphatic heterocycles. The predicted molar refractivity (Wildman–Crippen MR) is 108 cm³/mol. The van der Waals surface area contributed by atoms with Gasteiger partial charge in [-0.25, -0.2) is 4.79 Å². The molecule has 0 aliphatic carbocycles. The first kappa shape index (κ1) is 20.5. The highest BCUT2D eigenvalue weighted by Crippen LogP contribution is 2.18. The number of carbonyl (C=O) groups excluding carboxylic acids is 2. The summed E-state index contributed by atoms with van der Waals surface area (Å²) in [5.74, 6) is -1.60. The number of benzene rings is 1. The fourth-order valence-electron chi connectivity index (χ4n) is 3.37. The average Bonchev–Trinajstić information content (AvgIpc) is 2.73. The molecule has 0 bridgehead atoms. The van der Waals surface area contributed by atoms with E-state index in [2.05, 4.69) is 22.2 Å². The molecule has 0 radical (unpaired) electrons. The van der Waals surface area contributed by atoms with Crippen LogP contribution in [0, 0.1) is 0 Å². The van der Waals surface area contributed by atoms with Crippen LogP contribution in [0.5, 0.6) is 0 Å². The van der Waals surface area contributed by atoms with Crippen LogP contribution in [-0.4, -0.2) is 70.9 Å². The van der Waals surface area contributed by atoms with Crippen molar-refractivity contribution in [3.05, 3.63) is 59.4 Å². The number of carboxylic acids is 1. The Hall–Kier alpha value is -3.26. The van der Waals surface area contributed by atoms with Crippen molar-refractivity contribution in [2.45, 2.75) is 18.9 Å². The smallest absolute Gasteiger partial charge is 0.337 e. The summed E-state index contributed by atoms with van der Waals surface area (Å²) < 4.78 is 0. The van der Waals surface area contributed by atoms with Gasteiger partial charge < -0.3 is 20.2 Å². The monoisotopic (exact) mass is 396 g/mol. The van der Waals surface area contributed by atoms with Gasteiger partial charge in [-0.05, 0) is 62.8 Å². The van der Waals surface area contributed by atoms with Crippen LogP contribution in [0.3, 0.4) is 0 Å². The molecule has 2 heterocycles. The zero-order valence-electron chi connectivity index (χ0n) is 16.5. The molecule has 1 atom stereocenters. The van der Waals surface area contributed by atoms with E-state index in [4.69, 9.17) is 5.11 Å². The molecular weight excluding hydrogens is 372 g/mol. The Morgan fingerprint density at radius 1 is 1.14 bits per heavy atom. The van der Waals surface area contributed by atoms with Crippen molar-refractivity contribution in [1.82, 2.24) is 14.8 Å². The zero-order valence-corrected chi connectivity index (χ0v) is 16.5. The van der Waals surface area contributed by atoms with Crippen LogP contribution in [0.2, 0.25) is 0 Å². The third-order valence-corrected chi connectivity index (χ3v) is 5.10. The maximum Gasteiger partial charge on any atom is 0.337 e. The van der Waals surface area contributed by atoms with Crippen molar-refractivity contribution in [1.29, 1.82) is 0 Å². The second-order valence-electron chi connectivity index (χ2n) is 7.24. The average molecular weight is 396 g/mol. The third kappa shape index (κ3) is 4.97. The van der Waals surface area contributed by atoms with Gasteiger partial charge in [0.2, 0.25) is 0 Å². The second kappa shape index (κ2) is 8.83. The summed E-state index contributed by atoms with van der Waals surface area (Å²) in [7, 11) is 3.89.